The Morgan fingerprint density at radius 1 is 0.824 bits per heavy atom. The lowest BCUT2D eigenvalue weighted by molar-refractivity contribution is -0.148. The fourth-order valence-corrected chi connectivity index (χ4v) is 5.55. The molecule has 0 aromatic heterocycles. The first-order valence-electron chi connectivity index (χ1n) is 12.1. The molecule has 0 spiro atoms. The third-order valence-corrected chi connectivity index (χ3v) is 7.20. The van der Waals surface area contributed by atoms with Crippen molar-refractivity contribution in [3.8, 4) is 0 Å². The largest absolute Gasteiger partial charge is 0.480 e. The van der Waals surface area contributed by atoms with E-state index in [1.807, 2.05) is 66.7 Å². The van der Waals surface area contributed by atoms with Crippen molar-refractivity contribution in [2.75, 3.05) is 18.0 Å². The Labute approximate surface area is 200 Å². The molecule has 0 saturated carbocycles. The van der Waals surface area contributed by atoms with E-state index in [2.05, 4.69) is 23.1 Å². The number of carbonyl (C=O) groups excluding carboxylic acids is 1. The highest BCUT2D eigenvalue weighted by Gasteiger charge is 2.44. The van der Waals surface area contributed by atoms with Crippen LogP contribution in [0.2, 0.25) is 0 Å². The summed E-state index contributed by atoms with van der Waals surface area (Å²) in [5, 5.41) is 10.1. The molecule has 2 aliphatic heterocycles. The van der Waals surface area contributed by atoms with Gasteiger partial charge in [-0.1, -0.05) is 78.9 Å². The lowest BCUT2D eigenvalue weighted by Gasteiger charge is -2.32. The summed E-state index contributed by atoms with van der Waals surface area (Å²) in [4.78, 5) is 30.4. The molecule has 5 heteroatoms. The van der Waals surface area contributed by atoms with Crippen LogP contribution in [-0.4, -0.2) is 47.1 Å². The van der Waals surface area contributed by atoms with Gasteiger partial charge >= 0.3 is 5.97 Å². The van der Waals surface area contributed by atoms with E-state index in [1.54, 1.807) is 4.90 Å². The van der Waals surface area contributed by atoms with Gasteiger partial charge in [0.05, 0.1) is 5.92 Å². The van der Waals surface area contributed by atoms with Crippen LogP contribution in [0.4, 0.5) is 5.69 Å². The summed E-state index contributed by atoms with van der Waals surface area (Å²) in [6, 6.07) is 26.9. The molecule has 3 aromatic rings. The van der Waals surface area contributed by atoms with Crippen LogP contribution in [0.1, 0.15) is 41.9 Å². The van der Waals surface area contributed by atoms with Crippen LogP contribution < -0.4 is 4.90 Å². The van der Waals surface area contributed by atoms with Crippen LogP contribution >= 0.6 is 0 Å². The summed E-state index contributed by atoms with van der Waals surface area (Å²) in [5.74, 6) is -1.60. The van der Waals surface area contributed by atoms with E-state index in [-0.39, 0.29) is 11.9 Å². The van der Waals surface area contributed by atoms with E-state index in [0.29, 0.717) is 13.0 Å². The van der Waals surface area contributed by atoms with Crippen LogP contribution in [0, 0.1) is 0 Å². The van der Waals surface area contributed by atoms with Crippen molar-refractivity contribution in [2.45, 2.75) is 43.7 Å². The Bertz CT molecular complexity index is 1110. The first-order chi connectivity index (χ1) is 16.6. The predicted octanol–water partition coefficient (Wildman–Crippen LogP) is 4.72. The number of nitrogens with zero attached hydrogens (tertiary/aromatic N) is 2. The third-order valence-electron chi connectivity index (χ3n) is 7.20. The Morgan fingerprint density at radius 2 is 1.44 bits per heavy atom. The number of hydrogen-bond acceptors (Lipinski definition) is 3. The molecule has 3 aromatic carbocycles. The highest BCUT2D eigenvalue weighted by Crippen LogP contribution is 2.35. The Balaban J connectivity index is 1.49. The van der Waals surface area contributed by atoms with Gasteiger partial charge in [0.15, 0.2) is 0 Å². The van der Waals surface area contributed by atoms with E-state index in [1.165, 1.54) is 11.3 Å². The van der Waals surface area contributed by atoms with Crippen molar-refractivity contribution in [1.82, 2.24) is 4.90 Å². The predicted molar refractivity (Wildman–Crippen MR) is 133 cm³/mol. The molecule has 1 fully saturated rings. The molecule has 2 heterocycles. The maximum absolute atomic E-state index is 14.0. The van der Waals surface area contributed by atoms with Gasteiger partial charge in [-0.25, -0.2) is 4.79 Å². The molecule has 2 aliphatic rings. The van der Waals surface area contributed by atoms with Gasteiger partial charge in [0.2, 0.25) is 5.91 Å². The number of likely N-dealkylation sites (tertiary alicyclic amines) is 1. The average Bonchev–Trinajstić information content (AvgIpc) is 3.21. The standard InChI is InChI=1S/C29H30N2O3/c32-28(27(22-13-3-1-4-14-22)23-15-5-2-6-16-23)31-20-24(19-26(31)29(33)34)30-18-10-9-12-21-11-7-8-17-25(21)30/h1-8,11,13-17,24,26-27H,9-10,12,18-20H2,(H,33,34). The first-order valence-corrected chi connectivity index (χ1v) is 12.1. The van der Waals surface area contributed by atoms with Gasteiger partial charge in [0.1, 0.15) is 6.04 Å². The van der Waals surface area contributed by atoms with Gasteiger partial charge in [-0.05, 0) is 42.0 Å². The number of hydrogen-bond donors (Lipinski definition) is 1. The molecule has 0 aliphatic carbocycles. The van der Waals surface area contributed by atoms with Crippen molar-refractivity contribution in [3.05, 3.63) is 102 Å². The van der Waals surface area contributed by atoms with Crippen molar-refractivity contribution in [2.24, 2.45) is 0 Å². The van der Waals surface area contributed by atoms with Crippen LogP contribution in [0.3, 0.4) is 0 Å². The Kier molecular flexibility index (Phi) is 6.35. The van der Waals surface area contributed by atoms with Crippen molar-refractivity contribution >= 4 is 17.6 Å². The molecule has 2 atom stereocenters. The molecule has 1 amide bonds. The van der Waals surface area contributed by atoms with E-state index in [0.717, 1.165) is 36.9 Å². The SMILES string of the molecule is O=C(O)C1CC(N2CCCCc3ccccc32)CN1C(=O)C(c1ccccc1)c1ccccc1. The number of rotatable bonds is 5. The Hall–Kier alpha value is -3.60. The number of carbonyl (C=O) groups is 2. The molecule has 0 bridgehead atoms. The molecule has 0 radical (unpaired) electrons. The normalized spacial score (nSPS) is 20.1. The quantitative estimate of drug-likeness (QED) is 0.606. The average molecular weight is 455 g/mol. The summed E-state index contributed by atoms with van der Waals surface area (Å²) in [7, 11) is 0. The molecule has 2 unspecified atom stereocenters. The zero-order valence-corrected chi connectivity index (χ0v) is 19.2. The van der Waals surface area contributed by atoms with E-state index in [9.17, 15) is 14.7 Å². The zero-order valence-electron chi connectivity index (χ0n) is 19.2. The summed E-state index contributed by atoms with van der Waals surface area (Å²) in [6.45, 7) is 1.30. The van der Waals surface area contributed by atoms with Gasteiger partial charge in [-0.3, -0.25) is 4.79 Å². The summed E-state index contributed by atoms with van der Waals surface area (Å²) < 4.78 is 0. The molecule has 34 heavy (non-hydrogen) atoms. The minimum absolute atomic E-state index is 0.0171. The highest BCUT2D eigenvalue weighted by atomic mass is 16.4. The van der Waals surface area contributed by atoms with Crippen LogP contribution in [0.25, 0.3) is 0 Å². The van der Waals surface area contributed by atoms with Gasteiger partial charge < -0.3 is 14.9 Å². The summed E-state index contributed by atoms with van der Waals surface area (Å²) in [6.07, 6.45) is 3.66. The fourth-order valence-electron chi connectivity index (χ4n) is 5.55. The minimum Gasteiger partial charge on any atom is -0.480 e. The monoisotopic (exact) mass is 454 g/mol. The number of para-hydroxylation sites is 1. The second-order valence-corrected chi connectivity index (χ2v) is 9.27. The second-order valence-electron chi connectivity index (χ2n) is 9.27. The van der Waals surface area contributed by atoms with Crippen LogP contribution in [0.15, 0.2) is 84.9 Å². The van der Waals surface area contributed by atoms with Crippen molar-refractivity contribution in [1.29, 1.82) is 0 Å². The third kappa shape index (κ3) is 4.30. The lowest BCUT2D eigenvalue weighted by Crippen LogP contribution is -2.44. The molecular weight excluding hydrogens is 424 g/mol. The number of anilines is 1. The summed E-state index contributed by atoms with van der Waals surface area (Å²) in [5.41, 5.74) is 4.26. The van der Waals surface area contributed by atoms with Gasteiger partial charge in [0.25, 0.3) is 0 Å². The number of fused-ring (bicyclic) bond motifs is 1. The number of aryl methyl sites for hydroxylation is 1. The summed E-state index contributed by atoms with van der Waals surface area (Å²) >= 11 is 0. The van der Waals surface area contributed by atoms with Crippen LogP contribution in [0.5, 0.6) is 0 Å². The number of amides is 1. The molecule has 1 N–H and O–H groups in total. The van der Waals surface area contributed by atoms with Gasteiger partial charge in [-0.2, -0.15) is 0 Å². The van der Waals surface area contributed by atoms with Crippen LogP contribution in [-0.2, 0) is 16.0 Å². The molecule has 1 saturated heterocycles. The molecule has 5 rings (SSSR count). The van der Waals surface area contributed by atoms with Gasteiger partial charge in [0, 0.05) is 31.2 Å². The maximum atomic E-state index is 14.0. The fraction of sp³-hybridized carbons (Fsp3) is 0.310. The molecule has 174 valence electrons. The van der Waals surface area contributed by atoms with Crippen molar-refractivity contribution in [3.63, 3.8) is 0 Å². The molecular formula is C29H30N2O3. The first kappa shape index (κ1) is 22.2. The number of aliphatic carboxylic acids is 1. The molecule has 5 nitrogen and oxygen atoms in total. The van der Waals surface area contributed by atoms with Gasteiger partial charge in [-0.15, -0.1) is 0 Å². The van der Waals surface area contributed by atoms with Crippen molar-refractivity contribution < 1.29 is 14.7 Å². The smallest absolute Gasteiger partial charge is 0.326 e. The Morgan fingerprint density at radius 3 is 2.09 bits per heavy atom. The minimum atomic E-state index is -0.932. The van der Waals surface area contributed by atoms with E-state index in [4.69, 9.17) is 0 Å². The topological polar surface area (TPSA) is 60.9 Å². The number of benzene rings is 3. The lowest BCUT2D eigenvalue weighted by atomic mass is 9.90. The maximum Gasteiger partial charge on any atom is 0.326 e. The highest BCUT2D eigenvalue weighted by molar-refractivity contribution is 5.91. The van der Waals surface area contributed by atoms with E-state index < -0.39 is 17.9 Å². The number of carboxylic acid groups (broad SMARTS) is 1. The number of carboxylic acids is 1. The second kappa shape index (κ2) is 9.72. The van der Waals surface area contributed by atoms with E-state index >= 15 is 0 Å². The zero-order chi connectivity index (χ0) is 23.5.